The predicted octanol–water partition coefficient (Wildman–Crippen LogP) is 1.79. The van der Waals surface area contributed by atoms with Crippen molar-refractivity contribution in [3.05, 3.63) is 44.4 Å². The highest BCUT2D eigenvalue weighted by atomic mass is 16.1. The lowest BCUT2D eigenvalue weighted by molar-refractivity contribution is 0.550. The molecule has 0 aliphatic rings. The molecule has 7 nitrogen and oxygen atoms in total. The van der Waals surface area contributed by atoms with Gasteiger partial charge in [-0.3, -0.25) is 4.79 Å². The zero-order chi connectivity index (χ0) is 20.1. The normalized spacial score (nSPS) is 12.7. The number of nitrogens with two attached hydrogens (primary N) is 1. The molecule has 0 atom stereocenters. The number of aromatic nitrogens is 3. The second-order valence-corrected chi connectivity index (χ2v) is 6.64. The number of pyridine rings is 1. The van der Waals surface area contributed by atoms with Crippen molar-refractivity contribution < 1.29 is 0 Å². The molecule has 0 saturated heterocycles. The minimum absolute atomic E-state index is 0.00263. The van der Waals surface area contributed by atoms with Gasteiger partial charge in [-0.1, -0.05) is 19.1 Å². The average Bonchev–Trinajstić information content (AvgIpc) is 2.59. The van der Waals surface area contributed by atoms with Crippen LogP contribution in [-0.2, 0) is 6.54 Å². The summed E-state index contributed by atoms with van der Waals surface area (Å²) in [5, 5.41) is 12.8. The molecule has 0 bridgehead atoms. The summed E-state index contributed by atoms with van der Waals surface area (Å²) in [7, 11) is 0. The van der Waals surface area contributed by atoms with Crippen molar-refractivity contribution in [2.75, 3.05) is 11.1 Å². The lowest BCUT2D eigenvalue weighted by Gasteiger charge is -2.18. The second-order valence-electron chi connectivity index (χ2n) is 6.64. The topological polar surface area (TPSA) is 110 Å². The molecule has 0 aromatic carbocycles. The third-order valence-corrected chi connectivity index (χ3v) is 4.31. The zero-order valence-electron chi connectivity index (χ0n) is 16.6. The van der Waals surface area contributed by atoms with Gasteiger partial charge in [0.05, 0.1) is 12.1 Å². The van der Waals surface area contributed by atoms with Gasteiger partial charge >= 0.3 is 0 Å². The van der Waals surface area contributed by atoms with E-state index in [-0.39, 0.29) is 23.1 Å². The van der Waals surface area contributed by atoms with Crippen molar-refractivity contribution in [3.63, 3.8) is 0 Å². The van der Waals surface area contributed by atoms with Crippen LogP contribution < -0.4 is 27.0 Å². The quantitative estimate of drug-likeness (QED) is 0.674. The van der Waals surface area contributed by atoms with E-state index in [1.165, 1.54) is 6.33 Å². The van der Waals surface area contributed by atoms with Crippen LogP contribution in [0, 0.1) is 5.41 Å². The molecule has 0 saturated carbocycles. The maximum absolute atomic E-state index is 13.0. The first kappa shape index (κ1) is 20.4. The van der Waals surface area contributed by atoms with Gasteiger partial charge in [-0.05, 0) is 45.4 Å². The molecule has 0 aliphatic heterocycles. The van der Waals surface area contributed by atoms with Crippen molar-refractivity contribution in [2.24, 2.45) is 0 Å². The van der Waals surface area contributed by atoms with Gasteiger partial charge in [-0.25, -0.2) is 9.97 Å². The van der Waals surface area contributed by atoms with Gasteiger partial charge in [0.2, 0.25) is 0 Å². The fraction of sp³-hybridized carbons (Fsp3) is 0.400. The van der Waals surface area contributed by atoms with Gasteiger partial charge in [0.25, 0.3) is 5.56 Å². The molecule has 27 heavy (non-hydrogen) atoms. The van der Waals surface area contributed by atoms with E-state index in [1.807, 2.05) is 39.8 Å². The van der Waals surface area contributed by atoms with Crippen molar-refractivity contribution >= 4 is 29.5 Å². The summed E-state index contributed by atoms with van der Waals surface area (Å²) in [6.07, 6.45) is 6.13. The minimum Gasteiger partial charge on any atom is -0.383 e. The van der Waals surface area contributed by atoms with Crippen LogP contribution in [0.1, 0.15) is 58.3 Å². The molecule has 144 valence electrons. The Morgan fingerprint density at radius 2 is 2.11 bits per heavy atom. The van der Waals surface area contributed by atoms with Gasteiger partial charge in [-0.2, -0.15) is 0 Å². The van der Waals surface area contributed by atoms with E-state index in [4.69, 9.17) is 11.1 Å². The first-order valence-corrected chi connectivity index (χ1v) is 9.12. The van der Waals surface area contributed by atoms with Crippen molar-refractivity contribution in [1.29, 1.82) is 5.41 Å². The van der Waals surface area contributed by atoms with E-state index in [2.05, 4.69) is 21.4 Å². The van der Waals surface area contributed by atoms with E-state index in [0.717, 1.165) is 22.6 Å². The molecule has 2 aromatic heterocycles. The first-order chi connectivity index (χ1) is 12.8. The predicted molar refractivity (Wildman–Crippen MR) is 112 cm³/mol. The number of anilines is 2. The van der Waals surface area contributed by atoms with Crippen LogP contribution in [0.15, 0.2) is 17.2 Å². The smallest absolute Gasteiger partial charge is 0.258 e. The maximum Gasteiger partial charge on any atom is 0.258 e. The molecule has 2 aromatic rings. The Hall–Kier alpha value is -2.96. The number of nitrogen functional groups attached to an aromatic ring is 1. The second kappa shape index (κ2) is 8.62. The van der Waals surface area contributed by atoms with E-state index in [0.29, 0.717) is 17.9 Å². The van der Waals surface area contributed by atoms with E-state index >= 15 is 0 Å². The van der Waals surface area contributed by atoms with Gasteiger partial charge in [0.1, 0.15) is 18.0 Å². The van der Waals surface area contributed by atoms with Gasteiger partial charge in [0.15, 0.2) is 0 Å². The molecular formula is C20H28N6O. The number of hydrogen-bond acceptors (Lipinski definition) is 6. The van der Waals surface area contributed by atoms with Crippen molar-refractivity contribution in [2.45, 2.75) is 53.6 Å². The van der Waals surface area contributed by atoms with Crippen molar-refractivity contribution in [3.8, 4) is 0 Å². The Morgan fingerprint density at radius 1 is 1.41 bits per heavy atom. The molecule has 7 heteroatoms. The summed E-state index contributed by atoms with van der Waals surface area (Å²) in [6, 6.07) is 2.05. The Balaban J connectivity index is 2.58. The van der Waals surface area contributed by atoms with Crippen LogP contribution in [0.5, 0.6) is 0 Å². The van der Waals surface area contributed by atoms with Crippen LogP contribution in [0.2, 0.25) is 0 Å². The summed E-state index contributed by atoms with van der Waals surface area (Å²) < 4.78 is 1.79. The van der Waals surface area contributed by atoms with Crippen LogP contribution in [-0.4, -0.2) is 20.2 Å². The minimum atomic E-state index is -0.00263. The highest BCUT2D eigenvalue weighted by Gasteiger charge is 2.14. The molecule has 0 unspecified atom stereocenters. The molecule has 0 spiro atoms. The molecular weight excluding hydrogens is 340 g/mol. The molecule has 0 fully saturated rings. The van der Waals surface area contributed by atoms with E-state index in [9.17, 15) is 4.79 Å². The molecule has 0 amide bonds. The summed E-state index contributed by atoms with van der Waals surface area (Å²) in [4.78, 5) is 21.2. The van der Waals surface area contributed by atoms with Gasteiger partial charge in [-0.15, -0.1) is 0 Å². The summed E-state index contributed by atoms with van der Waals surface area (Å²) in [5.41, 5.74) is 7.52. The number of nitrogens with one attached hydrogen (secondary N) is 2. The monoisotopic (exact) mass is 368 g/mol. The third kappa shape index (κ3) is 4.24. The molecule has 0 radical (unpaired) electrons. The number of nitrogens with zero attached hydrogens (tertiary/aromatic N) is 3. The Bertz CT molecular complexity index is 1020. The average molecular weight is 368 g/mol. The van der Waals surface area contributed by atoms with Gasteiger partial charge in [0, 0.05) is 22.7 Å². The van der Waals surface area contributed by atoms with Gasteiger partial charge < -0.3 is 21.0 Å². The van der Waals surface area contributed by atoms with Crippen LogP contribution >= 0.6 is 0 Å². The molecule has 0 aliphatic carbocycles. The highest BCUT2D eigenvalue weighted by Crippen LogP contribution is 2.18. The zero-order valence-corrected chi connectivity index (χ0v) is 16.6. The van der Waals surface area contributed by atoms with Crippen molar-refractivity contribution in [1.82, 2.24) is 14.5 Å². The highest BCUT2D eigenvalue weighted by molar-refractivity contribution is 6.04. The first-order valence-electron chi connectivity index (χ1n) is 9.12. The third-order valence-electron chi connectivity index (χ3n) is 4.31. The molecule has 2 heterocycles. The SMILES string of the molecule is C/C=c1/c(=O)n(C(C)C)c(CNc2ncnc(N)c2C(C)=N)c/c1=C/CC. The van der Waals surface area contributed by atoms with E-state index in [1.54, 1.807) is 11.5 Å². The largest absolute Gasteiger partial charge is 0.383 e. The standard InChI is InChI=1S/C20H28N6O/c1-6-8-14-9-15(26(12(3)4)20(27)16(14)7-2)10-23-19-17(13(5)21)18(22)24-11-25-19/h7-9,11-12,21H,6,10H2,1-5H3,(H3,22,23,24,25)/b14-8-,16-7+,21-13?. The maximum atomic E-state index is 13.0. The molecule has 4 N–H and O–H groups in total. The number of rotatable bonds is 6. The lowest BCUT2D eigenvalue weighted by atomic mass is 10.1. The Kier molecular flexibility index (Phi) is 6.50. The summed E-state index contributed by atoms with van der Waals surface area (Å²) >= 11 is 0. The number of hydrogen-bond donors (Lipinski definition) is 3. The fourth-order valence-corrected chi connectivity index (χ4v) is 3.17. The lowest BCUT2D eigenvalue weighted by Crippen LogP contribution is -2.46. The van der Waals surface area contributed by atoms with Crippen LogP contribution in [0.4, 0.5) is 11.6 Å². The molecule has 2 rings (SSSR count). The fourth-order valence-electron chi connectivity index (χ4n) is 3.17. The Labute approximate surface area is 159 Å². The summed E-state index contributed by atoms with van der Waals surface area (Å²) in [6.45, 7) is 9.94. The summed E-state index contributed by atoms with van der Waals surface area (Å²) in [5.74, 6) is 0.752. The Morgan fingerprint density at radius 3 is 2.67 bits per heavy atom. The van der Waals surface area contributed by atoms with Crippen LogP contribution in [0.3, 0.4) is 0 Å². The van der Waals surface area contributed by atoms with Crippen LogP contribution in [0.25, 0.3) is 12.2 Å². The van der Waals surface area contributed by atoms with E-state index < -0.39 is 0 Å².